The topological polar surface area (TPSA) is 20.3 Å². The average Bonchev–Trinajstić information content (AvgIpc) is 2.10. The molecule has 0 aliphatic carbocycles. The molecule has 1 rings (SSSR count). The highest BCUT2D eigenvalue weighted by atomic mass is 32.2. The summed E-state index contributed by atoms with van der Waals surface area (Å²) in [5.41, 5.74) is 0. The van der Waals surface area contributed by atoms with E-state index in [4.69, 9.17) is 0 Å². The highest BCUT2D eigenvalue weighted by Gasteiger charge is 2.28. The van der Waals surface area contributed by atoms with Crippen LogP contribution in [0.3, 0.4) is 0 Å². The molecule has 0 aromatic carbocycles. The molecule has 0 bridgehead atoms. The third kappa shape index (κ3) is 1.45. The van der Waals surface area contributed by atoms with Crippen molar-refractivity contribution in [1.29, 1.82) is 0 Å². The van der Waals surface area contributed by atoms with Gasteiger partial charge < -0.3 is 4.90 Å². The van der Waals surface area contributed by atoms with Gasteiger partial charge in [0, 0.05) is 17.8 Å². The monoisotopic (exact) mass is 159 g/mol. The molecule has 0 spiro atoms. The Kier molecular flexibility index (Phi) is 2.24. The van der Waals surface area contributed by atoms with E-state index >= 15 is 0 Å². The van der Waals surface area contributed by atoms with Crippen molar-refractivity contribution in [2.45, 2.75) is 32.1 Å². The van der Waals surface area contributed by atoms with E-state index < -0.39 is 0 Å². The Morgan fingerprint density at radius 1 is 1.70 bits per heavy atom. The van der Waals surface area contributed by atoms with E-state index in [0.717, 1.165) is 6.54 Å². The van der Waals surface area contributed by atoms with Gasteiger partial charge in [-0.1, -0.05) is 18.7 Å². The minimum atomic E-state index is 0.238. The van der Waals surface area contributed by atoms with Crippen molar-refractivity contribution in [2.75, 3.05) is 6.54 Å². The standard InChI is InChI=1S/C7H13NOS/c1-5(2)8-4-6(3)10-7(8)9/h5-6H,4H2,1-3H3. The molecule has 0 N–H and O–H groups in total. The smallest absolute Gasteiger partial charge is 0.282 e. The van der Waals surface area contributed by atoms with Gasteiger partial charge in [0.05, 0.1) is 0 Å². The Hall–Kier alpha value is -0.180. The van der Waals surface area contributed by atoms with Crippen molar-refractivity contribution < 1.29 is 4.79 Å². The van der Waals surface area contributed by atoms with Gasteiger partial charge in [-0.05, 0) is 13.8 Å². The lowest BCUT2D eigenvalue weighted by molar-refractivity contribution is 0.215. The molecule has 0 aromatic rings. The van der Waals surface area contributed by atoms with Crippen molar-refractivity contribution in [2.24, 2.45) is 0 Å². The van der Waals surface area contributed by atoms with E-state index in [9.17, 15) is 4.79 Å². The number of carbonyl (C=O) groups excluding carboxylic acids is 1. The van der Waals surface area contributed by atoms with Gasteiger partial charge in [-0.15, -0.1) is 0 Å². The molecule has 1 amide bonds. The molecule has 1 aliphatic rings. The maximum atomic E-state index is 11.1. The van der Waals surface area contributed by atoms with Crippen LogP contribution in [-0.4, -0.2) is 28.0 Å². The summed E-state index contributed by atoms with van der Waals surface area (Å²) in [6, 6.07) is 0.366. The first-order chi connectivity index (χ1) is 4.61. The zero-order valence-electron chi connectivity index (χ0n) is 6.63. The molecular formula is C7H13NOS. The van der Waals surface area contributed by atoms with E-state index in [1.54, 1.807) is 0 Å². The first kappa shape index (κ1) is 7.92. The number of nitrogens with zero attached hydrogens (tertiary/aromatic N) is 1. The summed E-state index contributed by atoms with van der Waals surface area (Å²) in [4.78, 5) is 13.0. The van der Waals surface area contributed by atoms with Gasteiger partial charge in [0.15, 0.2) is 0 Å². The summed E-state index contributed by atoms with van der Waals surface area (Å²) in [5, 5.41) is 0.720. The lowest BCUT2D eigenvalue weighted by atomic mass is 10.3. The molecule has 1 atom stereocenters. The Bertz CT molecular complexity index is 147. The maximum Gasteiger partial charge on any atom is 0.282 e. The van der Waals surface area contributed by atoms with Gasteiger partial charge in [0.1, 0.15) is 0 Å². The van der Waals surface area contributed by atoms with Crippen molar-refractivity contribution in [3.63, 3.8) is 0 Å². The fourth-order valence-corrected chi connectivity index (χ4v) is 2.05. The van der Waals surface area contributed by atoms with Crippen LogP contribution >= 0.6 is 11.8 Å². The van der Waals surface area contributed by atoms with Gasteiger partial charge in [-0.25, -0.2) is 0 Å². The number of rotatable bonds is 1. The lowest BCUT2D eigenvalue weighted by Crippen LogP contribution is -2.31. The number of hydrogen-bond donors (Lipinski definition) is 0. The van der Waals surface area contributed by atoms with Crippen molar-refractivity contribution >= 4 is 17.0 Å². The quantitative estimate of drug-likeness (QED) is 0.583. The largest absolute Gasteiger partial charge is 0.330 e. The molecular weight excluding hydrogens is 146 g/mol. The van der Waals surface area contributed by atoms with Gasteiger partial charge in [-0.2, -0.15) is 0 Å². The summed E-state index contributed by atoms with van der Waals surface area (Å²) >= 11 is 1.44. The van der Waals surface area contributed by atoms with Crippen LogP contribution in [0.15, 0.2) is 0 Å². The van der Waals surface area contributed by atoms with Gasteiger partial charge in [0.2, 0.25) is 0 Å². The van der Waals surface area contributed by atoms with Crippen LogP contribution in [0.25, 0.3) is 0 Å². The van der Waals surface area contributed by atoms with Crippen molar-refractivity contribution in [3.8, 4) is 0 Å². The first-order valence-electron chi connectivity index (χ1n) is 3.58. The predicted molar refractivity (Wildman–Crippen MR) is 44.3 cm³/mol. The molecule has 1 unspecified atom stereocenters. The third-order valence-electron chi connectivity index (χ3n) is 1.61. The van der Waals surface area contributed by atoms with Crippen LogP contribution in [0.1, 0.15) is 20.8 Å². The number of carbonyl (C=O) groups is 1. The zero-order valence-corrected chi connectivity index (χ0v) is 7.44. The van der Waals surface area contributed by atoms with E-state index in [0.29, 0.717) is 11.3 Å². The SMILES string of the molecule is CC1CN(C(C)C)C(=O)S1. The second-order valence-electron chi connectivity index (χ2n) is 2.94. The van der Waals surface area contributed by atoms with Crippen LogP contribution in [0.2, 0.25) is 0 Å². The predicted octanol–water partition coefficient (Wildman–Crippen LogP) is 1.95. The average molecular weight is 159 g/mol. The molecule has 1 heterocycles. The molecule has 2 nitrogen and oxygen atoms in total. The summed E-state index contributed by atoms with van der Waals surface area (Å²) in [5.74, 6) is 0. The van der Waals surface area contributed by atoms with Crippen molar-refractivity contribution in [1.82, 2.24) is 4.90 Å². The van der Waals surface area contributed by atoms with Crippen molar-refractivity contribution in [3.05, 3.63) is 0 Å². The van der Waals surface area contributed by atoms with Gasteiger partial charge in [0.25, 0.3) is 5.24 Å². The van der Waals surface area contributed by atoms with Crippen LogP contribution in [0.4, 0.5) is 4.79 Å². The first-order valence-corrected chi connectivity index (χ1v) is 4.46. The van der Waals surface area contributed by atoms with Gasteiger partial charge >= 0.3 is 0 Å². The van der Waals surface area contributed by atoms with E-state index in [1.165, 1.54) is 11.8 Å². The lowest BCUT2D eigenvalue weighted by Gasteiger charge is -2.18. The Morgan fingerprint density at radius 2 is 2.30 bits per heavy atom. The molecule has 3 heteroatoms. The normalized spacial score (nSPS) is 26.6. The summed E-state index contributed by atoms with van der Waals surface area (Å²) in [6.07, 6.45) is 0. The minimum absolute atomic E-state index is 0.238. The Morgan fingerprint density at radius 3 is 2.50 bits per heavy atom. The molecule has 1 aliphatic heterocycles. The highest BCUT2D eigenvalue weighted by molar-refractivity contribution is 8.14. The van der Waals surface area contributed by atoms with Crippen LogP contribution in [-0.2, 0) is 0 Å². The fraction of sp³-hybridized carbons (Fsp3) is 0.857. The van der Waals surface area contributed by atoms with E-state index in [1.807, 2.05) is 4.90 Å². The third-order valence-corrected chi connectivity index (χ3v) is 2.60. The fourth-order valence-electron chi connectivity index (χ4n) is 1.05. The second-order valence-corrected chi connectivity index (χ2v) is 4.33. The van der Waals surface area contributed by atoms with Gasteiger partial charge in [-0.3, -0.25) is 4.79 Å². The molecule has 0 saturated carbocycles. The molecule has 1 fully saturated rings. The van der Waals surface area contributed by atoms with E-state index in [-0.39, 0.29) is 5.24 Å². The molecule has 58 valence electrons. The highest BCUT2D eigenvalue weighted by Crippen LogP contribution is 2.26. The van der Waals surface area contributed by atoms with Crippen LogP contribution < -0.4 is 0 Å². The number of amides is 1. The molecule has 0 radical (unpaired) electrons. The Balaban J connectivity index is 2.55. The minimum Gasteiger partial charge on any atom is -0.330 e. The van der Waals surface area contributed by atoms with Crippen LogP contribution in [0, 0.1) is 0 Å². The summed E-state index contributed by atoms with van der Waals surface area (Å²) < 4.78 is 0. The zero-order chi connectivity index (χ0) is 7.72. The summed E-state index contributed by atoms with van der Waals surface area (Å²) in [6.45, 7) is 7.11. The van der Waals surface area contributed by atoms with Crippen LogP contribution in [0.5, 0.6) is 0 Å². The molecule has 0 aromatic heterocycles. The number of hydrogen-bond acceptors (Lipinski definition) is 2. The summed E-state index contributed by atoms with van der Waals surface area (Å²) in [7, 11) is 0. The van der Waals surface area contributed by atoms with E-state index in [2.05, 4.69) is 20.8 Å². The molecule has 10 heavy (non-hydrogen) atoms. The number of thioether (sulfide) groups is 1. The maximum absolute atomic E-state index is 11.1. The molecule has 1 saturated heterocycles. The Labute approximate surface area is 66.0 Å². The second kappa shape index (κ2) is 2.82.